The molecule has 7 heteroatoms. The van der Waals surface area contributed by atoms with E-state index < -0.39 is 5.82 Å². The molecule has 0 spiro atoms. The number of nitrogens with one attached hydrogen (secondary N) is 2. The van der Waals surface area contributed by atoms with Gasteiger partial charge in [0, 0.05) is 5.02 Å². The smallest absolute Gasteiger partial charge is 0.279 e. The molecule has 2 aromatic carbocycles. The summed E-state index contributed by atoms with van der Waals surface area (Å²) < 4.78 is 15.0. The van der Waals surface area contributed by atoms with Crippen molar-refractivity contribution < 1.29 is 14.1 Å². The highest BCUT2D eigenvalue weighted by atomic mass is 35.5. The zero-order chi connectivity index (χ0) is 18.8. The van der Waals surface area contributed by atoms with Crippen molar-refractivity contribution in [1.82, 2.24) is 4.98 Å². The van der Waals surface area contributed by atoms with Crippen LogP contribution < -0.4 is 10.2 Å². The number of nitrogens with zero attached hydrogens (tertiary/aromatic N) is 1. The van der Waals surface area contributed by atoms with Gasteiger partial charge in [-0.2, -0.15) is 0 Å². The number of hydrogen-bond acceptors (Lipinski definition) is 3. The van der Waals surface area contributed by atoms with Gasteiger partial charge in [-0.1, -0.05) is 23.7 Å². The number of amides is 1. The van der Waals surface area contributed by atoms with Crippen LogP contribution >= 0.6 is 22.9 Å². The van der Waals surface area contributed by atoms with E-state index in [2.05, 4.69) is 11.4 Å². The Kier molecular flexibility index (Phi) is 5.38. The number of aromatic nitrogens is 1. The molecule has 1 aliphatic heterocycles. The van der Waals surface area contributed by atoms with Crippen molar-refractivity contribution in [3.8, 4) is 0 Å². The van der Waals surface area contributed by atoms with Gasteiger partial charge in [0.05, 0.1) is 34.9 Å². The lowest BCUT2D eigenvalue weighted by molar-refractivity contribution is -0.898. The van der Waals surface area contributed by atoms with Crippen molar-refractivity contribution in [2.75, 3.05) is 25.0 Å². The summed E-state index contributed by atoms with van der Waals surface area (Å²) in [5, 5.41) is 4.19. The molecule has 27 heavy (non-hydrogen) atoms. The summed E-state index contributed by atoms with van der Waals surface area (Å²) in [6.45, 7) is 2.12. The molecule has 1 fully saturated rings. The second-order valence-corrected chi connectivity index (χ2v) is 8.41. The van der Waals surface area contributed by atoms with Crippen LogP contribution in [0.25, 0.3) is 10.2 Å². The molecule has 2 atom stereocenters. The third-order valence-corrected chi connectivity index (χ3v) is 6.32. The lowest BCUT2D eigenvalue weighted by Gasteiger charge is -2.28. The molecule has 0 bridgehead atoms. The maximum atomic E-state index is 13.8. The standard InChI is InChI=1S/C20H19ClFN3OS/c21-14-7-8-15(22)17(10-14)23-19(26)12-25-9-3-4-13(11-25)20-24-16-5-1-2-6-18(16)27-20/h1-2,5-8,10,13H,3-4,9,11-12H2,(H,23,26)/p+1/t13-/m0/s1. The molecule has 4 rings (SSSR count). The van der Waals surface area contributed by atoms with E-state index in [0.29, 0.717) is 17.5 Å². The first-order valence-electron chi connectivity index (χ1n) is 9.02. The SMILES string of the molecule is O=C(C[NH+]1CCC[C@H](c2nc3ccccc3s2)C1)Nc1cc(Cl)ccc1F. The third-order valence-electron chi connectivity index (χ3n) is 4.89. The summed E-state index contributed by atoms with van der Waals surface area (Å²) in [5.74, 6) is -0.313. The minimum Gasteiger partial charge on any atom is -0.327 e. The van der Waals surface area contributed by atoms with E-state index in [1.54, 1.807) is 11.3 Å². The molecule has 0 saturated carbocycles. The molecule has 0 aliphatic carbocycles. The molecule has 0 radical (unpaired) electrons. The molecule has 1 aromatic heterocycles. The van der Waals surface area contributed by atoms with Crippen LogP contribution in [0.5, 0.6) is 0 Å². The lowest BCUT2D eigenvalue weighted by atomic mass is 9.99. The Bertz CT molecular complexity index is 944. The van der Waals surface area contributed by atoms with Crippen LogP contribution in [-0.2, 0) is 4.79 Å². The molecule has 3 aromatic rings. The lowest BCUT2D eigenvalue weighted by Crippen LogP contribution is -3.14. The molecular formula is C20H20ClFN3OS+. The molecule has 140 valence electrons. The van der Waals surface area contributed by atoms with E-state index in [1.165, 1.54) is 27.8 Å². The van der Waals surface area contributed by atoms with Crippen LogP contribution in [0, 0.1) is 5.82 Å². The van der Waals surface area contributed by atoms with Crippen LogP contribution in [0.1, 0.15) is 23.8 Å². The highest BCUT2D eigenvalue weighted by molar-refractivity contribution is 7.18. The minimum atomic E-state index is -0.478. The number of anilines is 1. The van der Waals surface area contributed by atoms with Gasteiger partial charge < -0.3 is 10.2 Å². The Hall–Kier alpha value is -2.02. The quantitative estimate of drug-likeness (QED) is 0.699. The van der Waals surface area contributed by atoms with Gasteiger partial charge in [-0.05, 0) is 43.2 Å². The molecule has 1 amide bonds. The number of carbonyl (C=O) groups excluding carboxylic acids is 1. The average Bonchev–Trinajstić information content (AvgIpc) is 3.09. The van der Waals surface area contributed by atoms with Crippen molar-refractivity contribution in [3.05, 3.63) is 58.3 Å². The normalized spacial score (nSPS) is 19.9. The fourth-order valence-corrected chi connectivity index (χ4v) is 4.88. The summed E-state index contributed by atoms with van der Waals surface area (Å²) >= 11 is 7.63. The van der Waals surface area contributed by atoms with Crippen molar-refractivity contribution in [3.63, 3.8) is 0 Å². The van der Waals surface area contributed by atoms with E-state index in [9.17, 15) is 9.18 Å². The van der Waals surface area contributed by atoms with Crippen molar-refractivity contribution in [2.45, 2.75) is 18.8 Å². The molecular weight excluding hydrogens is 385 g/mol. The Balaban J connectivity index is 1.40. The summed E-state index contributed by atoms with van der Waals surface area (Å²) in [6.07, 6.45) is 2.14. The van der Waals surface area contributed by atoms with Crippen LogP contribution in [0.2, 0.25) is 5.02 Å². The number of benzene rings is 2. The fraction of sp³-hybridized carbons (Fsp3) is 0.300. The topological polar surface area (TPSA) is 46.4 Å². The first kappa shape index (κ1) is 18.3. The summed E-state index contributed by atoms with van der Waals surface area (Å²) in [7, 11) is 0. The largest absolute Gasteiger partial charge is 0.327 e. The number of halogens is 2. The molecule has 4 nitrogen and oxygen atoms in total. The Morgan fingerprint density at radius 2 is 2.19 bits per heavy atom. The molecule has 1 saturated heterocycles. The first-order chi connectivity index (χ1) is 13.1. The summed E-state index contributed by atoms with van der Waals surface area (Å²) in [6, 6.07) is 12.3. The summed E-state index contributed by atoms with van der Waals surface area (Å²) in [5.41, 5.74) is 1.17. The van der Waals surface area contributed by atoms with Gasteiger partial charge in [0.1, 0.15) is 10.8 Å². The molecule has 2 heterocycles. The average molecular weight is 405 g/mol. The highest BCUT2D eigenvalue weighted by Gasteiger charge is 2.28. The zero-order valence-electron chi connectivity index (χ0n) is 14.7. The van der Waals surface area contributed by atoms with Gasteiger partial charge >= 0.3 is 0 Å². The van der Waals surface area contributed by atoms with Gasteiger partial charge in [-0.25, -0.2) is 9.37 Å². The fourth-order valence-electron chi connectivity index (χ4n) is 3.60. The van der Waals surface area contributed by atoms with Gasteiger partial charge in [-0.3, -0.25) is 4.79 Å². The number of quaternary nitrogens is 1. The minimum absolute atomic E-state index is 0.131. The third kappa shape index (κ3) is 4.29. The van der Waals surface area contributed by atoms with E-state index >= 15 is 0 Å². The maximum Gasteiger partial charge on any atom is 0.279 e. The number of fused-ring (bicyclic) bond motifs is 1. The number of likely N-dealkylation sites (tertiary alicyclic amines) is 1. The van der Waals surface area contributed by atoms with Gasteiger partial charge in [0.2, 0.25) is 0 Å². The monoisotopic (exact) mass is 404 g/mol. The zero-order valence-corrected chi connectivity index (χ0v) is 16.2. The molecule has 1 aliphatic rings. The van der Waals surface area contributed by atoms with Crippen LogP contribution in [-0.4, -0.2) is 30.5 Å². The van der Waals surface area contributed by atoms with Crippen molar-refractivity contribution >= 4 is 44.7 Å². The van der Waals surface area contributed by atoms with Crippen molar-refractivity contribution in [2.24, 2.45) is 0 Å². The number of rotatable bonds is 4. The van der Waals surface area contributed by atoms with Crippen molar-refractivity contribution in [1.29, 1.82) is 0 Å². The number of carbonyl (C=O) groups is 1. The van der Waals surface area contributed by atoms with Gasteiger partial charge in [0.15, 0.2) is 6.54 Å². The highest BCUT2D eigenvalue weighted by Crippen LogP contribution is 2.30. The number of hydrogen-bond donors (Lipinski definition) is 2. The number of piperidine rings is 1. The second kappa shape index (κ2) is 7.92. The van der Waals surface area contributed by atoms with Crippen LogP contribution in [0.4, 0.5) is 10.1 Å². The Morgan fingerprint density at radius 3 is 3.04 bits per heavy atom. The summed E-state index contributed by atoms with van der Waals surface area (Å²) in [4.78, 5) is 18.4. The number of thiazole rings is 1. The Morgan fingerprint density at radius 1 is 1.33 bits per heavy atom. The first-order valence-corrected chi connectivity index (χ1v) is 10.2. The molecule has 1 unspecified atom stereocenters. The van der Waals surface area contributed by atoms with Crippen LogP contribution in [0.15, 0.2) is 42.5 Å². The van der Waals surface area contributed by atoms with Crippen LogP contribution in [0.3, 0.4) is 0 Å². The second-order valence-electron chi connectivity index (χ2n) is 6.91. The van der Waals surface area contributed by atoms with E-state index in [0.717, 1.165) is 36.5 Å². The van der Waals surface area contributed by atoms with Gasteiger partial charge in [-0.15, -0.1) is 11.3 Å². The predicted octanol–water partition coefficient (Wildman–Crippen LogP) is 3.49. The maximum absolute atomic E-state index is 13.8. The van der Waals surface area contributed by atoms with E-state index in [1.807, 2.05) is 18.2 Å². The molecule has 2 N–H and O–H groups in total. The Labute approximate surface area is 166 Å². The number of para-hydroxylation sites is 1. The van der Waals surface area contributed by atoms with E-state index in [-0.39, 0.29) is 11.6 Å². The van der Waals surface area contributed by atoms with Gasteiger partial charge in [0.25, 0.3) is 5.91 Å². The van der Waals surface area contributed by atoms with E-state index in [4.69, 9.17) is 16.6 Å². The predicted molar refractivity (Wildman–Crippen MR) is 107 cm³/mol.